The van der Waals surface area contributed by atoms with Crippen LogP contribution in [0.1, 0.15) is 51.2 Å². The van der Waals surface area contributed by atoms with Crippen molar-refractivity contribution in [2.24, 2.45) is 0 Å². The van der Waals surface area contributed by atoms with E-state index in [0.29, 0.717) is 12.8 Å². The van der Waals surface area contributed by atoms with Gasteiger partial charge in [0.2, 0.25) is 5.91 Å². The Morgan fingerprint density at radius 3 is 2.60 bits per heavy atom. The Hall–Kier alpha value is -3.90. The van der Waals surface area contributed by atoms with Crippen molar-refractivity contribution in [1.29, 1.82) is 0 Å². The smallest absolute Gasteiger partial charge is 0.411 e. The fraction of sp³-hybridized carbons (Fsp3) is 0.545. The van der Waals surface area contributed by atoms with Gasteiger partial charge < -0.3 is 24.6 Å². The SMILES string of the molecule is COc1cc(C(C)OC(=O)N2CCC[C@H]2C(=O)O)c([N+](=O)[O-])cc1OCCCC(=O)NCC(C)=O. The number of nitro benzene ring substituents is 1. The summed E-state index contributed by atoms with van der Waals surface area (Å²) in [5.74, 6) is -1.42. The summed E-state index contributed by atoms with van der Waals surface area (Å²) in [6, 6.07) is 1.47. The number of aliphatic carboxylic acids is 1. The molecule has 1 aromatic rings. The van der Waals surface area contributed by atoms with Crippen LogP contribution in [-0.2, 0) is 19.1 Å². The third-order valence-corrected chi connectivity index (χ3v) is 5.34. The fourth-order valence-electron chi connectivity index (χ4n) is 3.57. The zero-order valence-corrected chi connectivity index (χ0v) is 19.8. The van der Waals surface area contributed by atoms with Gasteiger partial charge in [0.1, 0.15) is 17.9 Å². The lowest BCUT2D eigenvalue weighted by molar-refractivity contribution is -0.386. The zero-order valence-electron chi connectivity index (χ0n) is 19.8. The molecule has 2 rings (SSSR count). The van der Waals surface area contributed by atoms with Crippen LogP contribution < -0.4 is 14.8 Å². The molecule has 2 N–H and O–H groups in total. The van der Waals surface area contributed by atoms with E-state index in [4.69, 9.17) is 14.2 Å². The second-order valence-electron chi connectivity index (χ2n) is 7.97. The number of likely N-dealkylation sites (tertiary alicyclic amines) is 1. The van der Waals surface area contributed by atoms with Crippen molar-refractivity contribution in [3.8, 4) is 11.5 Å². The number of methoxy groups -OCH3 is 1. The molecule has 1 heterocycles. The van der Waals surface area contributed by atoms with E-state index in [-0.39, 0.29) is 67.0 Å². The first-order valence-electron chi connectivity index (χ1n) is 11.0. The monoisotopic (exact) mass is 495 g/mol. The third kappa shape index (κ3) is 7.55. The van der Waals surface area contributed by atoms with E-state index in [0.717, 1.165) is 11.0 Å². The van der Waals surface area contributed by atoms with Gasteiger partial charge in [0.05, 0.1) is 36.8 Å². The molecule has 0 bridgehead atoms. The Labute approximate surface area is 201 Å². The number of hydrogen-bond acceptors (Lipinski definition) is 9. The standard InChI is InChI=1S/C22H29N3O10/c1-13(26)12-23-20(27)7-5-9-34-19-11-17(25(31)32)15(10-18(19)33-3)14(2)35-22(30)24-8-4-6-16(24)21(28)29/h10-11,14,16H,4-9,12H2,1-3H3,(H,23,27)(H,28,29)/t14?,16-/m0/s1. The number of nitro groups is 1. The van der Waals surface area contributed by atoms with Gasteiger partial charge in [-0.25, -0.2) is 9.59 Å². The Bertz CT molecular complexity index is 980. The first kappa shape index (κ1) is 27.3. The number of hydrogen-bond donors (Lipinski definition) is 2. The van der Waals surface area contributed by atoms with Gasteiger partial charge in [0.15, 0.2) is 11.5 Å². The molecule has 35 heavy (non-hydrogen) atoms. The molecule has 192 valence electrons. The van der Waals surface area contributed by atoms with Gasteiger partial charge in [-0.05, 0) is 39.2 Å². The minimum absolute atomic E-state index is 0.0437. The second-order valence-corrected chi connectivity index (χ2v) is 7.97. The van der Waals surface area contributed by atoms with Gasteiger partial charge in [-0.3, -0.25) is 24.6 Å². The van der Waals surface area contributed by atoms with Gasteiger partial charge in [-0.1, -0.05) is 0 Å². The molecule has 1 fully saturated rings. The maximum absolute atomic E-state index is 12.5. The highest BCUT2D eigenvalue weighted by molar-refractivity contribution is 5.84. The van der Waals surface area contributed by atoms with Crippen LogP contribution in [0.3, 0.4) is 0 Å². The molecule has 0 saturated carbocycles. The van der Waals surface area contributed by atoms with Crippen LogP contribution in [0.2, 0.25) is 0 Å². The number of nitrogens with one attached hydrogen (secondary N) is 1. The Morgan fingerprint density at radius 1 is 1.29 bits per heavy atom. The van der Waals surface area contributed by atoms with Crippen molar-refractivity contribution in [3.63, 3.8) is 0 Å². The largest absolute Gasteiger partial charge is 0.493 e. The molecule has 1 aliphatic rings. The molecule has 0 aliphatic carbocycles. The fourth-order valence-corrected chi connectivity index (χ4v) is 3.57. The third-order valence-electron chi connectivity index (χ3n) is 5.34. The van der Waals surface area contributed by atoms with Crippen LogP contribution in [-0.4, -0.2) is 71.5 Å². The number of ketones is 1. The van der Waals surface area contributed by atoms with E-state index in [1.807, 2.05) is 0 Å². The normalized spacial score (nSPS) is 15.7. The van der Waals surface area contributed by atoms with Gasteiger partial charge in [0.25, 0.3) is 5.69 Å². The number of carboxylic acid groups (broad SMARTS) is 1. The predicted molar refractivity (Wildman–Crippen MR) is 120 cm³/mol. The minimum atomic E-state index is -1.14. The molecular weight excluding hydrogens is 466 g/mol. The number of Topliss-reactive ketones (excluding diaryl/α,β-unsaturated/α-hetero) is 1. The van der Waals surface area contributed by atoms with Gasteiger partial charge in [0, 0.05) is 13.0 Å². The number of benzene rings is 1. The lowest BCUT2D eigenvalue weighted by Gasteiger charge is -2.23. The van der Waals surface area contributed by atoms with E-state index in [2.05, 4.69) is 5.32 Å². The molecule has 1 saturated heterocycles. The molecule has 13 heteroatoms. The van der Waals surface area contributed by atoms with Crippen LogP contribution in [0.4, 0.5) is 10.5 Å². The number of rotatable bonds is 12. The summed E-state index contributed by atoms with van der Waals surface area (Å²) in [5, 5.41) is 23.4. The van der Waals surface area contributed by atoms with Crippen molar-refractivity contribution in [2.45, 2.75) is 51.7 Å². The van der Waals surface area contributed by atoms with E-state index >= 15 is 0 Å². The van der Waals surface area contributed by atoms with Crippen LogP contribution in [0.5, 0.6) is 11.5 Å². The molecule has 2 atom stereocenters. The first-order valence-corrected chi connectivity index (χ1v) is 11.0. The summed E-state index contributed by atoms with van der Waals surface area (Å²) < 4.78 is 16.2. The maximum Gasteiger partial charge on any atom is 0.411 e. The summed E-state index contributed by atoms with van der Waals surface area (Å²) in [6.45, 7) is 3.00. The second kappa shape index (κ2) is 12.5. The molecule has 1 aliphatic heterocycles. The number of carbonyl (C=O) groups is 4. The molecule has 0 aromatic heterocycles. The lowest BCUT2D eigenvalue weighted by atomic mass is 10.1. The van der Waals surface area contributed by atoms with E-state index < -0.39 is 29.1 Å². The summed E-state index contributed by atoms with van der Waals surface area (Å²) in [5.41, 5.74) is -0.334. The lowest BCUT2D eigenvalue weighted by Crippen LogP contribution is -2.41. The van der Waals surface area contributed by atoms with Crippen LogP contribution in [0.25, 0.3) is 0 Å². The molecule has 1 aromatic carbocycles. The highest BCUT2D eigenvalue weighted by Gasteiger charge is 2.36. The number of ether oxygens (including phenoxy) is 3. The number of carboxylic acids is 1. The average molecular weight is 495 g/mol. The van der Waals surface area contributed by atoms with Crippen molar-refractivity contribution in [2.75, 3.05) is 26.8 Å². The molecule has 1 unspecified atom stereocenters. The van der Waals surface area contributed by atoms with E-state index in [1.165, 1.54) is 27.0 Å². The highest BCUT2D eigenvalue weighted by atomic mass is 16.6. The number of amides is 2. The number of nitrogens with zero attached hydrogens (tertiary/aromatic N) is 2. The molecule has 0 radical (unpaired) electrons. The summed E-state index contributed by atoms with van der Waals surface area (Å²) in [6.07, 6.45) is -0.756. The van der Waals surface area contributed by atoms with Crippen molar-refractivity contribution >= 4 is 29.4 Å². The Kier molecular flexibility index (Phi) is 9.79. The topological polar surface area (TPSA) is 175 Å². The molecule has 2 amide bonds. The van der Waals surface area contributed by atoms with Gasteiger partial charge in [-0.15, -0.1) is 0 Å². The van der Waals surface area contributed by atoms with Crippen LogP contribution in [0, 0.1) is 10.1 Å². The van der Waals surface area contributed by atoms with E-state index in [9.17, 15) is 34.4 Å². The summed E-state index contributed by atoms with van der Waals surface area (Å²) in [4.78, 5) is 58.6. The molecule has 13 nitrogen and oxygen atoms in total. The minimum Gasteiger partial charge on any atom is -0.493 e. The first-order chi connectivity index (χ1) is 16.5. The highest BCUT2D eigenvalue weighted by Crippen LogP contribution is 2.39. The van der Waals surface area contributed by atoms with Gasteiger partial charge >= 0.3 is 12.1 Å². The Balaban J connectivity index is 2.10. The molecular formula is C22H29N3O10. The Morgan fingerprint density at radius 2 is 2.00 bits per heavy atom. The molecule has 0 spiro atoms. The van der Waals surface area contributed by atoms with Gasteiger partial charge in [-0.2, -0.15) is 0 Å². The van der Waals surface area contributed by atoms with E-state index in [1.54, 1.807) is 0 Å². The van der Waals surface area contributed by atoms with Crippen LogP contribution >= 0.6 is 0 Å². The summed E-state index contributed by atoms with van der Waals surface area (Å²) >= 11 is 0. The average Bonchev–Trinajstić information content (AvgIpc) is 3.30. The maximum atomic E-state index is 12.5. The quantitative estimate of drug-likeness (QED) is 0.248. The zero-order chi connectivity index (χ0) is 26.1. The van der Waals surface area contributed by atoms with Crippen molar-refractivity contribution in [3.05, 3.63) is 27.8 Å². The van der Waals surface area contributed by atoms with Crippen LogP contribution in [0.15, 0.2) is 12.1 Å². The predicted octanol–water partition coefficient (Wildman–Crippen LogP) is 2.21. The van der Waals surface area contributed by atoms with Crippen molar-refractivity contribution in [1.82, 2.24) is 10.2 Å². The number of carbonyl (C=O) groups excluding carboxylic acids is 3. The summed E-state index contributed by atoms with van der Waals surface area (Å²) in [7, 11) is 1.34. The van der Waals surface area contributed by atoms with Crippen molar-refractivity contribution < 1.29 is 43.4 Å².